The van der Waals surface area contributed by atoms with E-state index in [1.807, 2.05) is 38.1 Å². The number of ether oxygens (including phenoxy) is 1. The molecule has 1 aliphatic heterocycles. The van der Waals surface area contributed by atoms with Gasteiger partial charge in [-0.1, -0.05) is 38.1 Å². The third kappa shape index (κ3) is 5.85. The predicted molar refractivity (Wildman–Crippen MR) is 145 cm³/mol. The molecule has 202 valence electrons. The number of hydrogen-bond donors (Lipinski definition) is 2. The molecule has 3 aromatic carbocycles. The zero-order chi connectivity index (χ0) is 28.3. The molecule has 39 heavy (non-hydrogen) atoms. The summed E-state index contributed by atoms with van der Waals surface area (Å²) in [6.07, 6.45) is 2.08. The van der Waals surface area contributed by atoms with E-state index in [2.05, 4.69) is 0 Å². The summed E-state index contributed by atoms with van der Waals surface area (Å²) in [5.41, 5.74) is 1.81. The lowest BCUT2D eigenvalue weighted by atomic mass is 9.95. The molecule has 0 saturated carbocycles. The van der Waals surface area contributed by atoms with E-state index < -0.39 is 22.6 Å². The van der Waals surface area contributed by atoms with E-state index in [1.165, 1.54) is 12.1 Å². The smallest absolute Gasteiger partial charge is 0.335 e. The summed E-state index contributed by atoms with van der Waals surface area (Å²) in [5, 5.41) is 31.1. The Hall–Kier alpha value is -4.86. The van der Waals surface area contributed by atoms with E-state index in [9.17, 15) is 29.9 Å². The number of carboxylic acid groups (broad SMARTS) is 1. The highest BCUT2D eigenvalue weighted by molar-refractivity contribution is 5.93. The number of hydrogen-bond acceptors (Lipinski definition) is 7. The van der Waals surface area contributed by atoms with Crippen LogP contribution >= 0.6 is 0 Å². The van der Waals surface area contributed by atoms with Crippen LogP contribution in [0.2, 0.25) is 0 Å². The van der Waals surface area contributed by atoms with E-state index in [4.69, 9.17) is 4.74 Å². The zero-order valence-electron chi connectivity index (χ0n) is 21.8. The van der Waals surface area contributed by atoms with E-state index in [1.54, 1.807) is 47.4 Å². The van der Waals surface area contributed by atoms with Gasteiger partial charge in [-0.15, -0.1) is 0 Å². The van der Waals surface area contributed by atoms with Gasteiger partial charge in [-0.05, 0) is 53.4 Å². The van der Waals surface area contributed by atoms with E-state index in [0.717, 1.165) is 17.2 Å². The first-order valence-electron chi connectivity index (χ1n) is 12.3. The second kappa shape index (κ2) is 11.3. The zero-order valence-corrected chi connectivity index (χ0v) is 21.8. The highest BCUT2D eigenvalue weighted by Gasteiger charge is 2.40. The number of nitro benzene ring substituents is 1. The fraction of sp³-hybridized carbons (Fsp3) is 0.241. The molecular weight excluding hydrogens is 502 g/mol. The summed E-state index contributed by atoms with van der Waals surface area (Å²) in [6, 6.07) is 16.9. The first-order valence-corrected chi connectivity index (χ1v) is 12.3. The minimum absolute atomic E-state index is 0.112. The molecule has 0 unspecified atom stereocenters. The molecule has 0 fully saturated rings. The minimum Gasteiger partial charge on any atom is -0.508 e. The molecule has 0 bridgehead atoms. The number of allylic oxidation sites excluding steroid dienone is 1. The molecule has 1 atom stereocenters. The maximum Gasteiger partial charge on any atom is 0.335 e. The van der Waals surface area contributed by atoms with Crippen LogP contribution in [-0.4, -0.2) is 45.1 Å². The summed E-state index contributed by atoms with van der Waals surface area (Å²) in [6.45, 7) is 3.94. The van der Waals surface area contributed by atoms with Gasteiger partial charge in [0, 0.05) is 24.4 Å². The van der Waals surface area contributed by atoms with Crippen LogP contribution in [0.4, 0.5) is 11.4 Å². The van der Waals surface area contributed by atoms with Crippen LogP contribution in [-0.2, 0) is 17.8 Å². The summed E-state index contributed by atoms with van der Waals surface area (Å²) >= 11 is 0. The Balaban J connectivity index is 1.85. The van der Waals surface area contributed by atoms with Crippen LogP contribution < -0.4 is 9.64 Å². The average molecular weight is 532 g/mol. The van der Waals surface area contributed by atoms with E-state index in [-0.39, 0.29) is 35.4 Å². The molecule has 10 heteroatoms. The van der Waals surface area contributed by atoms with Crippen molar-refractivity contribution in [1.82, 2.24) is 4.90 Å². The molecule has 0 aromatic heterocycles. The van der Waals surface area contributed by atoms with Crippen molar-refractivity contribution in [2.45, 2.75) is 32.9 Å². The maximum absolute atomic E-state index is 14.1. The standard InChI is InChI=1S/C29H29N3O7/c1-18(2)27-28(34)30(16-20-4-9-23(33)10-5-20)22(14-19-6-11-24(39-3)12-7-19)17-31(27)25-13-8-21(29(35)36)15-26(25)32(37)38/h4-13,15,17-18,27,33H,14,16H2,1-3H3,(H,35,36)/t27-/m1/s1. The Bertz CT molecular complexity index is 1420. The van der Waals surface area contributed by atoms with Crippen LogP contribution in [0.1, 0.15) is 35.3 Å². The molecule has 3 aromatic rings. The van der Waals surface area contributed by atoms with E-state index in [0.29, 0.717) is 17.9 Å². The fourth-order valence-electron chi connectivity index (χ4n) is 4.63. The molecule has 0 aliphatic carbocycles. The molecule has 4 rings (SSSR count). The van der Waals surface area contributed by atoms with Crippen LogP contribution in [0, 0.1) is 16.0 Å². The Kier molecular flexibility index (Phi) is 7.85. The number of phenolic OH excluding ortho intramolecular Hbond substituents is 1. The molecule has 2 N–H and O–H groups in total. The van der Waals surface area contributed by atoms with Crippen molar-refractivity contribution in [2.75, 3.05) is 12.0 Å². The van der Waals surface area contributed by atoms with Gasteiger partial charge >= 0.3 is 5.97 Å². The van der Waals surface area contributed by atoms with Crippen molar-refractivity contribution >= 4 is 23.3 Å². The first kappa shape index (κ1) is 27.2. The topological polar surface area (TPSA) is 133 Å². The van der Waals surface area contributed by atoms with Crippen molar-refractivity contribution in [2.24, 2.45) is 5.92 Å². The van der Waals surface area contributed by atoms with Crippen LogP contribution in [0.15, 0.2) is 78.6 Å². The van der Waals surface area contributed by atoms with Gasteiger partial charge in [-0.25, -0.2) is 4.79 Å². The second-order valence-corrected chi connectivity index (χ2v) is 9.60. The van der Waals surface area contributed by atoms with Gasteiger partial charge in [0.25, 0.3) is 5.69 Å². The summed E-state index contributed by atoms with van der Waals surface area (Å²) in [7, 11) is 1.57. The number of aromatic hydroxyl groups is 1. The van der Waals surface area contributed by atoms with Gasteiger partial charge in [-0.3, -0.25) is 14.9 Å². The fourth-order valence-corrected chi connectivity index (χ4v) is 4.63. The van der Waals surface area contributed by atoms with Gasteiger partial charge in [0.15, 0.2) is 0 Å². The number of methoxy groups -OCH3 is 1. The molecule has 1 aliphatic rings. The van der Waals surface area contributed by atoms with Gasteiger partial charge in [0.1, 0.15) is 23.2 Å². The molecule has 0 radical (unpaired) electrons. The average Bonchev–Trinajstić information content (AvgIpc) is 2.91. The van der Waals surface area contributed by atoms with Crippen LogP contribution in [0.25, 0.3) is 0 Å². The molecule has 1 heterocycles. The SMILES string of the molecule is COc1ccc(CC2=CN(c3ccc(C(=O)O)cc3[N+](=O)[O-])[C@H](C(C)C)C(=O)N2Cc2ccc(O)cc2)cc1. The predicted octanol–water partition coefficient (Wildman–Crippen LogP) is 4.96. The Morgan fingerprint density at radius 2 is 1.69 bits per heavy atom. The van der Waals surface area contributed by atoms with E-state index >= 15 is 0 Å². The maximum atomic E-state index is 14.1. The largest absolute Gasteiger partial charge is 0.508 e. The molecule has 0 saturated heterocycles. The lowest BCUT2D eigenvalue weighted by Gasteiger charge is -2.42. The normalized spacial score (nSPS) is 15.3. The number of rotatable bonds is 9. The number of phenols is 1. The monoisotopic (exact) mass is 531 g/mol. The number of nitro groups is 1. The second-order valence-electron chi connectivity index (χ2n) is 9.60. The summed E-state index contributed by atoms with van der Waals surface area (Å²) in [4.78, 5) is 40.2. The summed E-state index contributed by atoms with van der Waals surface area (Å²) < 4.78 is 5.25. The molecular formula is C29H29N3O7. The van der Waals surface area contributed by atoms with Gasteiger partial charge in [0.05, 0.1) is 24.1 Å². The van der Waals surface area contributed by atoms with Crippen molar-refractivity contribution in [1.29, 1.82) is 0 Å². The number of anilines is 1. The Morgan fingerprint density at radius 1 is 1.05 bits per heavy atom. The first-order chi connectivity index (χ1) is 18.6. The number of amides is 1. The number of nitrogens with zero attached hydrogens (tertiary/aromatic N) is 3. The van der Waals surface area contributed by atoms with Gasteiger partial charge < -0.3 is 24.7 Å². The van der Waals surface area contributed by atoms with Gasteiger partial charge in [0.2, 0.25) is 5.91 Å². The quantitative estimate of drug-likeness (QED) is 0.292. The van der Waals surface area contributed by atoms with Crippen molar-refractivity contribution in [3.63, 3.8) is 0 Å². The lowest BCUT2D eigenvalue weighted by molar-refractivity contribution is -0.384. The molecule has 1 amide bonds. The van der Waals surface area contributed by atoms with Crippen molar-refractivity contribution in [3.05, 3.63) is 105 Å². The highest BCUT2D eigenvalue weighted by Crippen LogP contribution is 2.37. The number of carbonyl (C=O) groups is 2. The van der Waals surface area contributed by atoms with Gasteiger partial charge in [-0.2, -0.15) is 0 Å². The van der Waals surface area contributed by atoms with Crippen LogP contribution in [0.5, 0.6) is 11.5 Å². The lowest BCUT2D eigenvalue weighted by Crippen LogP contribution is -2.53. The Labute approximate surface area is 225 Å². The Morgan fingerprint density at radius 3 is 2.26 bits per heavy atom. The van der Waals surface area contributed by atoms with Crippen molar-refractivity contribution in [3.8, 4) is 11.5 Å². The molecule has 10 nitrogen and oxygen atoms in total. The summed E-state index contributed by atoms with van der Waals surface area (Å²) in [5.74, 6) is -0.973. The highest BCUT2D eigenvalue weighted by atomic mass is 16.6. The number of benzene rings is 3. The third-order valence-corrected chi connectivity index (χ3v) is 6.60. The molecule has 0 spiro atoms. The van der Waals surface area contributed by atoms with Crippen LogP contribution in [0.3, 0.4) is 0 Å². The number of carboxylic acids is 1. The number of aromatic carboxylic acids is 1. The third-order valence-electron chi connectivity index (χ3n) is 6.60. The van der Waals surface area contributed by atoms with Crippen molar-refractivity contribution < 1.29 is 29.5 Å². The number of carbonyl (C=O) groups excluding carboxylic acids is 1. The minimum atomic E-state index is -1.28.